The van der Waals surface area contributed by atoms with Crippen molar-refractivity contribution >= 4 is 38.4 Å². The lowest BCUT2D eigenvalue weighted by atomic mass is 10.1. The van der Waals surface area contributed by atoms with Crippen molar-refractivity contribution in [3.63, 3.8) is 0 Å². The molecule has 4 rings (SSSR count). The number of benzene rings is 2. The Kier molecular flexibility index (Phi) is 5.88. The highest BCUT2D eigenvalue weighted by Gasteiger charge is 2.16. The lowest BCUT2D eigenvalue weighted by Crippen LogP contribution is -2.09. The normalized spacial score (nSPS) is 11.7. The molecule has 0 spiro atoms. The van der Waals surface area contributed by atoms with Crippen LogP contribution in [0.2, 0.25) is 0 Å². The Balaban J connectivity index is 1.76. The molecule has 0 bridgehead atoms. The number of rotatable bonds is 7. The summed E-state index contributed by atoms with van der Waals surface area (Å²) >= 11 is 1.54. The maximum Gasteiger partial charge on any atom is 0.273 e. The van der Waals surface area contributed by atoms with Crippen LogP contribution in [0, 0.1) is 0 Å². The minimum Gasteiger partial charge on any atom is -0.302 e. The maximum atomic E-state index is 12.5. The molecule has 0 saturated carbocycles. The SMILES string of the molecule is CCCc1[nH][nH]c(=O)c1-c1cc(Sc2ccc(NS(C)(=O)=O)cc2)c2ccccc2n1. The van der Waals surface area contributed by atoms with Crippen molar-refractivity contribution in [1.29, 1.82) is 0 Å². The van der Waals surface area contributed by atoms with E-state index in [-0.39, 0.29) is 5.56 Å². The highest BCUT2D eigenvalue weighted by atomic mass is 32.2. The Morgan fingerprint density at radius 3 is 2.52 bits per heavy atom. The zero-order chi connectivity index (χ0) is 22.0. The molecule has 0 amide bonds. The summed E-state index contributed by atoms with van der Waals surface area (Å²) in [5.74, 6) is 0. The molecule has 160 valence electrons. The van der Waals surface area contributed by atoms with Crippen molar-refractivity contribution in [3.05, 3.63) is 70.6 Å². The van der Waals surface area contributed by atoms with Gasteiger partial charge in [0.05, 0.1) is 23.0 Å². The number of nitrogens with zero attached hydrogens (tertiary/aromatic N) is 1. The molecule has 0 atom stereocenters. The van der Waals surface area contributed by atoms with Crippen LogP contribution in [0.5, 0.6) is 0 Å². The van der Waals surface area contributed by atoms with Crippen LogP contribution in [0.1, 0.15) is 19.0 Å². The van der Waals surface area contributed by atoms with E-state index in [0.717, 1.165) is 45.5 Å². The Bertz CT molecular complexity index is 1390. The van der Waals surface area contributed by atoms with Crippen molar-refractivity contribution in [3.8, 4) is 11.3 Å². The van der Waals surface area contributed by atoms with Crippen molar-refractivity contribution in [2.24, 2.45) is 0 Å². The third-order valence-electron chi connectivity index (χ3n) is 4.68. The Labute approximate surface area is 184 Å². The molecule has 0 aliphatic heterocycles. The monoisotopic (exact) mass is 454 g/mol. The predicted octanol–water partition coefficient (Wildman–Crippen LogP) is 4.39. The van der Waals surface area contributed by atoms with Crippen LogP contribution in [0.3, 0.4) is 0 Å². The average Bonchev–Trinajstić information content (AvgIpc) is 3.09. The van der Waals surface area contributed by atoms with E-state index in [9.17, 15) is 13.2 Å². The van der Waals surface area contributed by atoms with E-state index < -0.39 is 10.0 Å². The van der Waals surface area contributed by atoms with Gasteiger partial charge in [0.15, 0.2) is 0 Å². The van der Waals surface area contributed by atoms with Gasteiger partial charge in [-0.05, 0) is 42.8 Å². The van der Waals surface area contributed by atoms with Gasteiger partial charge in [0.2, 0.25) is 10.0 Å². The van der Waals surface area contributed by atoms with Crippen molar-refractivity contribution in [2.45, 2.75) is 29.6 Å². The number of para-hydroxylation sites is 1. The van der Waals surface area contributed by atoms with E-state index in [1.54, 1.807) is 23.9 Å². The first-order chi connectivity index (χ1) is 14.8. The van der Waals surface area contributed by atoms with Crippen LogP contribution in [0.4, 0.5) is 5.69 Å². The zero-order valence-corrected chi connectivity index (χ0v) is 18.7. The van der Waals surface area contributed by atoms with Gasteiger partial charge < -0.3 is 5.10 Å². The van der Waals surface area contributed by atoms with E-state index in [1.165, 1.54) is 0 Å². The molecule has 4 aromatic rings. The van der Waals surface area contributed by atoms with Gasteiger partial charge >= 0.3 is 0 Å². The third kappa shape index (κ3) is 4.83. The first-order valence-corrected chi connectivity index (χ1v) is 12.5. The van der Waals surface area contributed by atoms with Crippen LogP contribution >= 0.6 is 11.8 Å². The molecule has 0 fully saturated rings. The van der Waals surface area contributed by atoms with Crippen LogP contribution < -0.4 is 10.3 Å². The fourth-order valence-corrected chi connectivity index (χ4v) is 4.93. The largest absolute Gasteiger partial charge is 0.302 e. The van der Waals surface area contributed by atoms with E-state index in [4.69, 9.17) is 4.98 Å². The molecule has 0 saturated heterocycles. The van der Waals surface area contributed by atoms with E-state index in [0.29, 0.717) is 16.9 Å². The van der Waals surface area contributed by atoms with Crippen LogP contribution in [-0.4, -0.2) is 29.9 Å². The van der Waals surface area contributed by atoms with Gasteiger partial charge in [0.25, 0.3) is 5.56 Å². The number of anilines is 1. The molecule has 0 unspecified atom stereocenters. The first kappa shape index (κ1) is 21.2. The number of aromatic nitrogens is 3. The number of sulfonamides is 1. The molecule has 9 heteroatoms. The second-order valence-electron chi connectivity index (χ2n) is 7.21. The van der Waals surface area contributed by atoms with Crippen LogP contribution in [0.25, 0.3) is 22.2 Å². The molecule has 7 nitrogen and oxygen atoms in total. The molecule has 2 heterocycles. The number of fused-ring (bicyclic) bond motifs is 1. The predicted molar refractivity (Wildman–Crippen MR) is 125 cm³/mol. The van der Waals surface area contributed by atoms with Crippen molar-refractivity contribution < 1.29 is 8.42 Å². The average molecular weight is 455 g/mol. The summed E-state index contributed by atoms with van der Waals surface area (Å²) in [6, 6.07) is 16.9. The molecule has 0 aliphatic rings. The Hall–Kier alpha value is -3.04. The fraction of sp³-hybridized carbons (Fsp3) is 0.182. The van der Waals surface area contributed by atoms with Crippen molar-refractivity contribution in [1.82, 2.24) is 15.2 Å². The van der Waals surface area contributed by atoms with Gasteiger partial charge in [-0.3, -0.25) is 14.6 Å². The highest BCUT2D eigenvalue weighted by molar-refractivity contribution is 7.99. The number of aryl methyl sites for hydroxylation is 1. The summed E-state index contributed by atoms with van der Waals surface area (Å²) in [6.45, 7) is 2.06. The molecule has 3 N–H and O–H groups in total. The highest BCUT2D eigenvalue weighted by Crippen LogP contribution is 2.36. The molecular weight excluding hydrogens is 432 g/mol. The van der Waals surface area contributed by atoms with Gasteiger partial charge in [-0.2, -0.15) is 0 Å². The van der Waals surface area contributed by atoms with Gasteiger partial charge in [-0.15, -0.1) is 0 Å². The number of aromatic amines is 2. The lowest BCUT2D eigenvalue weighted by molar-refractivity contribution is 0.607. The lowest BCUT2D eigenvalue weighted by Gasteiger charge is -2.10. The maximum absolute atomic E-state index is 12.5. The quantitative estimate of drug-likeness (QED) is 0.384. The second-order valence-corrected chi connectivity index (χ2v) is 10.1. The summed E-state index contributed by atoms with van der Waals surface area (Å²) in [5, 5.41) is 6.64. The van der Waals surface area contributed by atoms with Crippen LogP contribution in [0.15, 0.2) is 69.2 Å². The van der Waals surface area contributed by atoms with E-state index in [1.807, 2.05) is 42.5 Å². The van der Waals surface area contributed by atoms with E-state index >= 15 is 0 Å². The van der Waals surface area contributed by atoms with Gasteiger partial charge in [0.1, 0.15) is 0 Å². The van der Waals surface area contributed by atoms with Crippen molar-refractivity contribution in [2.75, 3.05) is 11.0 Å². The summed E-state index contributed by atoms with van der Waals surface area (Å²) in [6.07, 6.45) is 2.78. The summed E-state index contributed by atoms with van der Waals surface area (Å²) in [7, 11) is -3.32. The smallest absolute Gasteiger partial charge is 0.273 e. The van der Waals surface area contributed by atoms with Gasteiger partial charge in [-0.25, -0.2) is 13.4 Å². The number of hydrogen-bond acceptors (Lipinski definition) is 5. The summed E-state index contributed by atoms with van der Waals surface area (Å²) < 4.78 is 25.3. The van der Waals surface area contributed by atoms with Gasteiger partial charge in [-0.1, -0.05) is 43.3 Å². The first-order valence-electron chi connectivity index (χ1n) is 9.79. The summed E-state index contributed by atoms with van der Waals surface area (Å²) in [5.41, 5.74) is 3.18. The second kappa shape index (κ2) is 8.60. The minimum absolute atomic E-state index is 0.182. The molecular formula is C22H22N4O3S2. The minimum atomic E-state index is -3.32. The molecule has 0 radical (unpaired) electrons. The zero-order valence-electron chi connectivity index (χ0n) is 17.1. The number of H-pyrrole nitrogens is 2. The molecule has 31 heavy (non-hydrogen) atoms. The number of hydrogen-bond donors (Lipinski definition) is 3. The van der Waals surface area contributed by atoms with Crippen LogP contribution in [-0.2, 0) is 16.4 Å². The number of pyridine rings is 1. The van der Waals surface area contributed by atoms with Gasteiger partial charge in [0, 0.05) is 26.6 Å². The third-order valence-corrected chi connectivity index (χ3v) is 6.35. The van der Waals surface area contributed by atoms with E-state index in [2.05, 4.69) is 21.8 Å². The Morgan fingerprint density at radius 1 is 1.06 bits per heavy atom. The summed E-state index contributed by atoms with van der Waals surface area (Å²) in [4.78, 5) is 19.1. The fourth-order valence-electron chi connectivity index (χ4n) is 3.39. The topological polar surface area (TPSA) is 108 Å². The Morgan fingerprint density at radius 2 is 1.81 bits per heavy atom. The molecule has 0 aliphatic carbocycles. The molecule has 2 aromatic carbocycles. The molecule has 2 aromatic heterocycles. The standard InChI is InChI=1S/C22H22N4O3S2/c1-3-6-18-21(22(27)25-24-18)19-13-20(16-7-4-5-8-17(16)23-19)30-15-11-9-14(10-12-15)26-31(2,28)29/h4-5,7-13,26H,3,6H2,1-2H3,(H2,24,25,27). The number of nitrogens with one attached hydrogen (secondary N) is 3.